The highest BCUT2D eigenvalue weighted by molar-refractivity contribution is 5.79. The number of benzene rings is 3. The maximum Gasteiger partial charge on any atom is 0.224 e. The maximum absolute atomic E-state index is 12.4. The molecule has 156 valence electrons. The van der Waals surface area contributed by atoms with E-state index in [2.05, 4.69) is 17.4 Å². The van der Waals surface area contributed by atoms with Crippen LogP contribution in [0.15, 0.2) is 66.7 Å². The van der Waals surface area contributed by atoms with Crippen molar-refractivity contribution in [2.24, 2.45) is 0 Å². The Balaban J connectivity index is 1.56. The van der Waals surface area contributed by atoms with Crippen molar-refractivity contribution in [1.82, 2.24) is 5.32 Å². The minimum absolute atomic E-state index is 0.0195. The van der Waals surface area contributed by atoms with Gasteiger partial charge in [-0.15, -0.1) is 0 Å². The Morgan fingerprint density at radius 2 is 1.40 bits per heavy atom. The molecule has 0 spiro atoms. The Morgan fingerprint density at radius 3 is 1.97 bits per heavy atom. The van der Waals surface area contributed by atoms with Crippen molar-refractivity contribution in [2.75, 3.05) is 27.9 Å². The number of hydrogen-bond donors (Lipinski definition) is 1. The summed E-state index contributed by atoms with van der Waals surface area (Å²) in [5.41, 5.74) is 4.18. The van der Waals surface area contributed by atoms with Crippen molar-refractivity contribution in [3.05, 3.63) is 77.9 Å². The predicted octanol–water partition coefficient (Wildman–Crippen LogP) is 4.28. The van der Waals surface area contributed by atoms with E-state index in [1.807, 2.05) is 54.6 Å². The number of carbonyl (C=O) groups is 1. The molecule has 1 N–H and O–H groups in total. The van der Waals surface area contributed by atoms with Crippen molar-refractivity contribution < 1.29 is 19.0 Å². The van der Waals surface area contributed by atoms with Gasteiger partial charge in [0.1, 0.15) is 17.2 Å². The third-order valence-corrected chi connectivity index (χ3v) is 4.94. The molecule has 3 rings (SSSR count). The monoisotopic (exact) mass is 405 g/mol. The fourth-order valence-electron chi connectivity index (χ4n) is 3.34. The Bertz CT molecular complexity index is 943. The average molecular weight is 405 g/mol. The summed E-state index contributed by atoms with van der Waals surface area (Å²) in [5.74, 6) is 2.00. The van der Waals surface area contributed by atoms with E-state index in [1.54, 1.807) is 21.3 Å². The van der Waals surface area contributed by atoms with Gasteiger partial charge in [-0.25, -0.2) is 0 Å². The SMILES string of the molecule is COc1cc(OC)c(CCNC(=O)Cc2ccc(-c3ccccc3)cc2)c(OC)c1. The van der Waals surface area contributed by atoms with Crippen LogP contribution < -0.4 is 19.5 Å². The van der Waals surface area contributed by atoms with Crippen LogP contribution in [-0.2, 0) is 17.6 Å². The van der Waals surface area contributed by atoms with E-state index in [-0.39, 0.29) is 5.91 Å². The highest BCUT2D eigenvalue weighted by Gasteiger charge is 2.13. The van der Waals surface area contributed by atoms with Crippen LogP contribution in [-0.4, -0.2) is 33.8 Å². The van der Waals surface area contributed by atoms with E-state index in [0.29, 0.717) is 36.6 Å². The van der Waals surface area contributed by atoms with Crippen molar-refractivity contribution >= 4 is 5.91 Å². The average Bonchev–Trinajstić information content (AvgIpc) is 2.80. The zero-order valence-corrected chi connectivity index (χ0v) is 17.6. The zero-order chi connectivity index (χ0) is 21.3. The van der Waals surface area contributed by atoms with E-state index in [0.717, 1.165) is 22.3 Å². The molecule has 0 fully saturated rings. The molecule has 0 aromatic heterocycles. The summed E-state index contributed by atoms with van der Waals surface area (Å²) in [6, 6.07) is 21.9. The standard InChI is InChI=1S/C25H27NO4/c1-28-21-16-23(29-2)22(24(17-21)30-3)13-14-26-25(27)15-18-9-11-20(12-10-18)19-7-5-4-6-8-19/h4-12,16-17H,13-15H2,1-3H3,(H,26,27). The predicted molar refractivity (Wildman–Crippen MR) is 118 cm³/mol. The van der Waals surface area contributed by atoms with Gasteiger partial charge < -0.3 is 19.5 Å². The third-order valence-electron chi connectivity index (χ3n) is 4.94. The van der Waals surface area contributed by atoms with Crippen LogP contribution in [0, 0.1) is 0 Å². The quantitative estimate of drug-likeness (QED) is 0.577. The van der Waals surface area contributed by atoms with Crippen molar-refractivity contribution in [2.45, 2.75) is 12.8 Å². The first-order chi connectivity index (χ1) is 14.6. The number of nitrogens with one attached hydrogen (secondary N) is 1. The minimum atomic E-state index is -0.0195. The molecule has 0 aliphatic carbocycles. The van der Waals surface area contributed by atoms with Crippen LogP contribution in [0.25, 0.3) is 11.1 Å². The fourth-order valence-corrected chi connectivity index (χ4v) is 3.34. The van der Waals surface area contributed by atoms with Gasteiger partial charge in [0.15, 0.2) is 0 Å². The normalized spacial score (nSPS) is 10.4. The fraction of sp³-hybridized carbons (Fsp3) is 0.240. The molecule has 3 aromatic rings. The van der Waals surface area contributed by atoms with Crippen LogP contribution in [0.1, 0.15) is 11.1 Å². The van der Waals surface area contributed by atoms with Gasteiger partial charge in [0.05, 0.1) is 27.8 Å². The summed E-state index contributed by atoms with van der Waals surface area (Å²) in [4.78, 5) is 12.4. The van der Waals surface area contributed by atoms with Crippen LogP contribution >= 0.6 is 0 Å². The Morgan fingerprint density at radius 1 is 0.800 bits per heavy atom. The molecule has 5 heteroatoms. The third kappa shape index (κ3) is 5.32. The summed E-state index contributed by atoms with van der Waals surface area (Å²) in [7, 11) is 4.81. The van der Waals surface area contributed by atoms with Crippen molar-refractivity contribution in [1.29, 1.82) is 0 Å². The summed E-state index contributed by atoms with van der Waals surface area (Å²) < 4.78 is 16.2. The second-order valence-corrected chi connectivity index (χ2v) is 6.85. The molecule has 0 saturated carbocycles. The summed E-state index contributed by atoms with van der Waals surface area (Å²) >= 11 is 0. The second-order valence-electron chi connectivity index (χ2n) is 6.85. The molecule has 0 aliphatic heterocycles. The number of ether oxygens (including phenoxy) is 3. The lowest BCUT2D eigenvalue weighted by Crippen LogP contribution is -2.27. The van der Waals surface area contributed by atoms with Gasteiger partial charge in [0.25, 0.3) is 0 Å². The number of carbonyl (C=O) groups excluding carboxylic acids is 1. The van der Waals surface area contributed by atoms with Crippen LogP contribution in [0.5, 0.6) is 17.2 Å². The molecule has 5 nitrogen and oxygen atoms in total. The second kappa shape index (κ2) is 10.3. The zero-order valence-electron chi connectivity index (χ0n) is 17.6. The van der Waals surface area contributed by atoms with Crippen LogP contribution in [0.3, 0.4) is 0 Å². The first-order valence-electron chi connectivity index (χ1n) is 9.84. The highest BCUT2D eigenvalue weighted by Crippen LogP contribution is 2.34. The number of hydrogen-bond acceptors (Lipinski definition) is 4. The molecule has 0 radical (unpaired) electrons. The summed E-state index contributed by atoms with van der Waals surface area (Å²) in [6.07, 6.45) is 0.932. The molecule has 3 aromatic carbocycles. The maximum atomic E-state index is 12.4. The number of methoxy groups -OCH3 is 3. The molecular weight excluding hydrogens is 378 g/mol. The molecule has 0 unspecified atom stereocenters. The number of amides is 1. The van der Waals surface area contributed by atoms with Gasteiger partial charge in [-0.1, -0.05) is 54.6 Å². The lowest BCUT2D eigenvalue weighted by atomic mass is 10.0. The van der Waals surface area contributed by atoms with E-state index in [4.69, 9.17) is 14.2 Å². The van der Waals surface area contributed by atoms with E-state index < -0.39 is 0 Å². The first-order valence-corrected chi connectivity index (χ1v) is 9.84. The first kappa shape index (κ1) is 21.2. The lowest BCUT2D eigenvalue weighted by molar-refractivity contribution is -0.120. The Kier molecular flexibility index (Phi) is 7.33. The van der Waals surface area contributed by atoms with Gasteiger partial charge in [0.2, 0.25) is 5.91 Å². The van der Waals surface area contributed by atoms with E-state index >= 15 is 0 Å². The van der Waals surface area contributed by atoms with Crippen molar-refractivity contribution in [3.63, 3.8) is 0 Å². The summed E-state index contributed by atoms with van der Waals surface area (Å²) in [5, 5.41) is 2.98. The smallest absolute Gasteiger partial charge is 0.224 e. The molecule has 0 bridgehead atoms. The molecule has 0 aliphatic rings. The van der Waals surface area contributed by atoms with Gasteiger partial charge in [-0.3, -0.25) is 4.79 Å². The van der Waals surface area contributed by atoms with Crippen molar-refractivity contribution in [3.8, 4) is 28.4 Å². The van der Waals surface area contributed by atoms with Crippen LogP contribution in [0.2, 0.25) is 0 Å². The number of rotatable bonds is 9. The molecule has 30 heavy (non-hydrogen) atoms. The largest absolute Gasteiger partial charge is 0.496 e. The minimum Gasteiger partial charge on any atom is -0.496 e. The molecule has 0 heterocycles. The molecule has 0 atom stereocenters. The highest BCUT2D eigenvalue weighted by atomic mass is 16.5. The Hall–Kier alpha value is -3.47. The van der Waals surface area contributed by atoms with Gasteiger partial charge in [0, 0.05) is 24.2 Å². The van der Waals surface area contributed by atoms with Gasteiger partial charge >= 0.3 is 0 Å². The van der Waals surface area contributed by atoms with Gasteiger partial charge in [-0.2, -0.15) is 0 Å². The molecule has 0 saturated heterocycles. The topological polar surface area (TPSA) is 56.8 Å². The Labute approximate surface area is 177 Å². The van der Waals surface area contributed by atoms with E-state index in [9.17, 15) is 4.79 Å². The van der Waals surface area contributed by atoms with Gasteiger partial charge in [-0.05, 0) is 23.1 Å². The molecule has 1 amide bonds. The lowest BCUT2D eigenvalue weighted by Gasteiger charge is -2.15. The summed E-state index contributed by atoms with van der Waals surface area (Å²) in [6.45, 7) is 0.486. The van der Waals surface area contributed by atoms with E-state index in [1.165, 1.54) is 0 Å². The molecular formula is C25H27NO4. The van der Waals surface area contributed by atoms with Crippen LogP contribution in [0.4, 0.5) is 0 Å².